The van der Waals surface area contributed by atoms with Crippen LogP contribution < -0.4 is 5.32 Å². The van der Waals surface area contributed by atoms with Gasteiger partial charge in [0.25, 0.3) is 0 Å². The lowest BCUT2D eigenvalue weighted by molar-refractivity contribution is 0.373. The van der Waals surface area contributed by atoms with Crippen LogP contribution in [0.2, 0.25) is 0 Å². The molecular formula is C11H17N3. The molecule has 3 unspecified atom stereocenters. The first-order valence-corrected chi connectivity index (χ1v) is 5.56. The minimum Gasteiger partial charge on any atom is -0.311 e. The van der Waals surface area contributed by atoms with Crippen LogP contribution in [0.1, 0.15) is 25.0 Å². The summed E-state index contributed by atoms with van der Waals surface area (Å²) in [7, 11) is 2.03. The Bertz CT molecular complexity index is 331. The number of hydrogen-bond donors (Lipinski definition) is 1. The van der Waals surface area contributed by atoms with Crippen LogP contribution in [0.15, 0.2) is 12.3 Å². The lowest BCUT2D eigenvalue weighted by Gasteiger charge is -2.22. The molecule has 1 N–H and O–H groups in total. The van der Waals surface area contributed by atoms with Gasteiger partial charge >= 0.3 is 0 Å². The van der Waals surface area contributed by atoms with E-state index in [9.17, 15) is 0 Å². The van der Waals surface area contributed by atoms with Crippen molar-refractivity contribution in [3.63, 3.8) is 0 Å². The first kappa shape index (κ1) is 8.48. The predicted octanol–water partition coefficient (Wildman–Crippen LogP) is 1.10. The van der Waals surface area contributed by atoms with E-state index in [0.717, 1.165) is 18.4 Å². The molecule has 2 aliphatic rings. The molecule has 2 heterocycles. The first-order chi connectivity index (χ1) is 6.83. The van der Waals surface area contributed by atoms with E-state index in [2.05, 4.69) is 16.5 Å². The molecule has 1 saturated carbocycles. The molecule has 0 radical (unpaired) electrons. The van der Waals surface area contributed by atoms with E-state index in [1.54, 1.807) is 0 Å². The Morgan fingerprint density at radius 2 is 2.50 bits per heavy atom. The maximum absolute atomic E-state index is 4.21. The molecule has 3 heteroatoms. The summed E-state index contributed by atoms with van der Waals surface area (Å²) in [6.07, 6.45) is 7.27. The van der Waals surface area contributed by atoms with Crippen LogP contribution in [0.4, 0.5) is 0 Å². The van der Waals surface area contributed by atoms with Crippen molar-refractivity contribution in [1.82, 2.24) is 15.1 Å². The fourth-order valence-corrected chi connectivity index (χ4v) is 3.02. The van der Waals surface area contributed by atoms with Gasteiger partial charge in [-0.3, -0.25) is 4.68 Å². The summed E-state index contributed by atoms with van der Waals surface area (Å²) in [6, 6.07) is 3.66. The molecule has 1 aromatic heterocycles. The van der Waals surface area contributed by atoms with Crippen LogP contribution in [-0.2, 0) is 13.5 Å². The molecule has 76 valence electrons. The summed E-state index contributed by atoms with van der Waals surface area (Å²) in [5, 5.41) is 7.92. The lowest BCUT2D eigenvalue weighted by atomic mass is 9.96. The molecular weight excluding hydrogens is 174 g/mol. The summed E-state index contributed by atoms with van der Waals surface area (Å²) >= 11 is 0. The van der Waals surface area contributed by atoms with Crippen LogP contribution >= 0.6 is 0 Å². The van der Waals surface area contributed by atoms with Crippen LogP contribution in [0, 0.1) is 5.92 Å². The summed E-state index contributed by atoms with van der Waals surface area (Å²) in [6.45, 7) is 0. The lowest BCUT2D eigenvalue weighted by Crippen LogP contribution is -2.37. The summed E-state index contributed by atoms with van der Waals surface area (Å²) < 4.78 is 1.99. The van der Waals surface area contributed by atoms with Crippen molar-refractivity contribution < 1.29 is 0 Å². The van der Waals surface area contributed by atoms with Gasteiger partial charge in [0.1, 0.15) is 0 Å². The molecule has 3 rings (SSSR count). The molecule has 1 saturated heterocycles. The van der Waals surface area contributed by atoms with E-state index in [4.69, 9.17) is 0 Å². The zero-order valence-corrected chi connectivity index (χ0v) is 8.61. The molecule has 3 atom stereocenters. The number of piperidine rings is 1. The average Bonchev–Trinajstić information content (AvgIpc) is 2.83. The van der Waals surface area contributed by atoms with Gasteiger partial charge in [0.15, 0.2) is 0 Å². The number of nitrogens with zero attached hydrogens (tertiary/aromatic N) is 2. The molecule has 0 aromatic carbocycles. The largest absolute Gasteiger partial charge is 0.311 e. The summed E-state index contributed by atoms with van der Waals surface area (Å²) in [5.41, 5.74) is 1.36. The Labute approximate surface area is 84.5 Å². The quantitative estimate of drug-likeness (QED) is 0.758. The second-order valence-corrected chi connectivity index (χ2v) is 4.69. The van der Waals surface area contributed by atoms with Crippen molar-refractivity contribution in [3.8, 4) is 0 Å². The van der Waals surface area contributed by atoms with Crippen molar-refractivity contribution >= 4 is 0 Å². The number of aromatic nitrogens is 2. The van der Waals surface area contributed by atoms with Crippen LogP contribution in [0.25, 0.3) is 0 Å². The third-order valence-corrected chi connectivity index (χ3v) is 3.84. The van der Waals surface area contributed by atoms with Gasteiger partial charge in [0.2, 0.25) is 0 Å². The van der Waals surface area contributed by atoms with Crippen molar-refractivity contribution in [2.45, 2.75) is 37.8 Å². The van der Waals surface area contributed by atoms with Crippen molar-refractivity contribution in [2.75, 3.05) is 0 Å². The monoisotopic (exact) mass is 191 g/mol. The number of hydrogen-bond acceptors (Lipinski definition) is 2. The van der Waals surface area contributed by atoms with Gasteiger partial charge in [-0.2, -0.15) is 5.10 Å². The average molecular weight is 191 g/mol. The minimum atomic E-state index is 0.712. The Balaban J connectivity index is 1.71. The van der Waals surface area contributed by atoms with Crippen molar-refractivity contribution in [3.05, 3.63) is 18.0 Å². The number of fused-ring (bicyclic) bond motifs is 2. The summed E-state index contributed by atoms with van der Waals surface area (Å²) in [4.78, 5) is 0. The number of nitrogens with one attached hydrogen (secondary N) is 1. The normalized spacial score (nSPS) is 35.4. The molecule has 2 bridgehead atoms. The van der Waals surface area contributed by atoms with E-state index in [-0.39, 0.29) is 0 Å². The van der Waals surface area contributed by atoms with Crippen LogP contribution in [0.5, 0.6) is 0 Å². The Kier molecular flexibility index (Phi) is 1.87. The second kappa shape index (κ2) is 3.09. The van der Waals surface area contributed by atoms with Gasteiger partial charge in [-0.15, -0.1) is 0 Å². The fraction of sp³-hybridized carbons (Fsp3) is 0.727. The molecule has 0 spiro atoms. The standard InChI is InChI=1S/C11H17N3/c1-14-10(4-5-12-14)7-11-8-2-3-9(6-8)13-11/h4-5,8-9,11,13H,2-3,6-7H2,1H3. The van der Waals surface area contributed by atoms with Gasteiger partial charge < -0.3 is 5.32 Å². The molecule has 3 nitrogen and oxygen atoms in total. The van der Waals surface area contributed by atoms with E-state index in [0.29, 0.717) is 6.04 Å². The van der Waals surface area contributed by atoms with Gasteiger partial charge in [-0.1, -0.05) is 0 Å². The molecule has 2 fully saturated rings. The van der Waals surface area contributed by atoms with Crippen molar-refractivity contribution in [1.29, 1.82) is 0 Å². The zero-order valence-electron chi connectivity index (χ0n) is 8.61. The van der Waals surface area contributed by atoms with Crippen molar-refractivity contribution in [2.24, 2.45) is 13.0 Å². The maximum Gasteiger partial charge on any atom is 0.0492 e. The molecule has 1 aliphatic carbocycles. The molecule has 1 aliphatic heterocycles. The summed E-state index contributed by atoms with van der Waals surface area (Å²) in [5.74, 6) is 0.926. The topological polar surface area (TPSA) is 29.9 Å². The van der Waals surface area contributed by atoms with Crippen LogP contribution in [-0.4, -0.2) is 21.9 Å². The highest BCUT2D eigenvalue weighted by Gasteiger charge is 2.38. The fourth-order valence-electron chi connectivity index (χ4n) is 3.02. The Morgan fingerprint density at radius 1 is 1.57 bits per heavy atom. The first-order valence-electron chi connectivity index (χ1n) is 5.56. The maximum atomic E-state index is 4.21. The predicted molar refractivity (Wildman–Crippen MR) is 55.0 cm³/mol. The smallest absolute Gasteiger partial charge is 0.0492 e. The van der Waals surface area contributed by atoms with E-state index in [1.807, 2.05) is 17.9 Å². The highest BCUT2D eigenvalue weighted by molar-refractivity contribution is 5.07. The SMILES string of the molecule is Cn1nccc1CC1NC2CCC1C2. The Hall–Kier alpha value is -0.830. The van der Waals surface area contributed by atoms with Crippen LogP contribution in [0.3, 0.4) is 0 Å². The molecule has 14 heavy (non-hydrogen) atoms. The number of rotatable bonds is 2. The zero-order chi connectivity index (χ0) is 9.54. The van der Waals surface area contributed by atoms with E-state index >= 15 is 0 Å². The third kappa shape index (κ3) is 1.27. The van der Waals surface area contributed by atoms with Gasteiger partial charge in [0, 0.05) is 37.4 Å². The van der Waals surface area contributed by atoms with Gasteiger partial charge in [-0.05, 0) is 31.2 Å². The van der Waals surface area contributed by atoms with Gasteiger partial charge in [0.05, 0.1) is 0 Å². The molecule has 0 amide bonds. The van der Waals surface area contributed by atoms with Gasteiger partial charge in [-0.25, -0.2) is 0 Å². The third-order valence-electron chi connectivity index (χ3n) is 3.84. The van der Waals surface area contributed by atoms with E-state index in [1.165, 1.54) is 25.0 Å². The highest BCUT2D eigenvalue weighted by Crippen LogP contribution is 2.36. The number of aryl methyl sites for hydroxylation is 1. The second-order valence-electron chi connectivity index (χ2n) is 4.69. The molecule has 1 aromatic rings. The van der Waals surface area contributed by atoms with E-state index < -0.39 is 0 Å². The highest BCUT2D eigenvalue weighted by atomic mass is 15.3. The Morgan fingerprint density at radius 3 is 3.07 bits per heavy atom. The minimum absolute atomic E-state index is 0.712.